The van der Waals surface area contributed by atoms with Crippen LogP contribution in [-0.4, -0.2) is 45.2 Å². The van der Waals surface area contributed by atoms with Gasteiger partial charge in [0, 0.05) is 22.3 Å². The molecule has 0 aliphatic carbocycles. The van der Waals surface area contributed by atoms with Gasteiger partial charge < -0.3 is 8.85 Å². The summed E-state index contributed by atoms with van der Waals surface area (Å²) in [5, 5.41) is 0. The first-order valence-electron chi connectivity index (χ1n) is 11.6. The van der Waals surface area contributed by atoms with E-state index in [0.29, 0.717) is 22.3 Å². The molecule has 7 heteroatoms. The number of benzene rings is 2. The summed E-state index contributed by atoms with van der Waals surface area (Å²) in [6, 6.07) is 13.3. The second-order valence-electron chi connectivity index (χ2n) is 11.6. The van der Waals surface area contributed by atoms with Crippen LogP contribution in [-0.2, 0) is 8.85 Å². The maximum atomic E-state index is 13.0. The lowest BCUT2D eigenvalue weighted by Crippen LogP contribution is -2.44. The third-order valence-corrected chi connectivity index (χ3v) is 7.28. The highest BCUT2D eigenvalue weighted by Crippen LogP contribution is 2.25. The molecular formula is C27H38O5Si2. The van der Waals surface area contributed by atoms with Gasteiger partial charge in [0.1, 0.15) is 11.2 Å². The van der Waals surface area contributed by atoms with Crippen LogP contribution in [0, 0.1) is 0 Å². The molecule has 0 spiro atoms. The Morgan fingerprint density at radius 3 is 1.00 bits per heavy atom. The Morgan fingerprint density at radius 2 is 0.765 bits per heavy atom. The van der Waals surface area contributed by atoms with E-state index in [1.165, 1.54) is 0 Å². The Bertz CT molecular complexity index is 969. The Hall–Kier alpha value is -2.20. The van der Waals surface area contributed by atoms with Crippen molar-refractivity contribution >= 4 is 34.0 Å². The summed E-state index contributed by atoms with van der Waals surface area (Å²) in [5.41, 5.74) is 0.107. The maximum absolute atomic E-state index is 13.0. The van der Waals surface area contributed by atoms with Crippen LogP contribution in [0.4, 0.5) is 0 Å². The van der Waals surface area contributed by atoms with Crippen molar-refractivity contribution < 1.29 is 23.2 Å². The van der Waals surface area contributed by atoms with Crippen molar-refractivity contribution in [2.45, 2.75) is 78.2 Å². The Morgan fingerprint density at radius 1 is 0.529 bits per heavy atom. The summed E-state index contributed by atoms with van der Waals surface area (Å²) in [6.07, 6.45) is 0. The van der Waals surface area contributed by atoms with Crippen LogP contribution in [0.1, 0.15) is 64.3 Å². The molecule has 0 N–H and O–H groups in total. The normalized spacial score (nSPS) is 13.0. The van der Waals surface area contributed by atoms with Crippen LogP contribution in [0.3, 0.4) is 0 Å². The molecule has 0 amide bonds. The zero-order chi connectivity index (χ0) is 26.1. The second-order valence-corrected chi connectivity index (χ2v) is 20.4. The van der Waals surface area contributed by atoms with Gasteiger partial charge in [-0.3, -0.25) is 14.4 Å². The monoisotopic (exact) mass is 498 g/mol. The SMILES string of the molecule is CC(C)(O[Si](C)(C)C)C(=O)c1ccc(C(=O)c2ccc(C(=O)C(C)(C)O[Si](C)(C)C)cc2)cc1. The van der Waals surface area contributed by atoms with E-state index in [2.05, 4.69) is 0 Å². The predicted octanol–water partition coefficient (Wildman–Crippen LogP) is 6.54. The van der Waals surface area contributed by atoms with Crippen molar-refractivity contribution in [1.29, 1.82) is 0 Å². The van der Waals surface area contributed by atoms with Crippen molar-refractivity contribution in [2.24, 2.45) is 0 Å². The molecular weight excluding hydrogens is 460 g/mol. The number of hydrogen-bond acceptors (Lipinski definition) is 5. The van der Waals surface area contributed by atoms with E-state index in [9.17, 15) is 14.4 Å². The fourth-order valence-corrected chi connectivity index (χ4v) is 7.28. The van der Waals surface area contributed by atoms with Gasteiger partial charge in [-0.2, -0.15) is 0 Å². The van der Waals surface area contributed by atoms with Crippen molar-refractivity contribution in [1.82, 2.24) is 0 Å². The highest BCUT2D eigenvalue weighted by atomic mass is 28.4. The molecule has 0 aliphatic rings. The molecule has 0 bridgehead atoms. The van der Waals surface area contributed by atoms with Crippen LogP contribution in [0.15, 0.2) is 48.5 Å². The summed E-state index contributed by atoms with van der Waals surface area (Å²) in [5.74, 6) is -0.395. The number of hydrogen-bond donors (Lipinski definition) is 0. The lowest BCUT2D eigenvalue weighted by atomic mass is 9.93. The fourth-order valence-electron chi connectivity index (χ4n) is 4.03. The molecule has 0 aromatic heterocycles. The largest absolute Gasteiger partial charge is 0.405 e. The van der Waals surface area contributed by atoms with Gasteiger partial charge in [-0.25, -0.2) is 0 Å². The van der Waals surface area contributed by atoms with Gasteiger partial charge in [0.25, 0.3) is 0 Å². The molecule has 0 heterocycles. The summed E-state index contributed by atoms with van der Waals surface area (Å²) in [4.78, 5) is 38.8. The zero-order valence-corrected chi connectivity index (χ0v) is 24.2. The lowest BCUT2D eigenvalue weighted by molar-refractivity contribution is 0.0557. The number of rotatable bonds is 10. The van der Waals surface area contributed by atoms with Gasteiger partial charge in [-0.1, -0.05) is 48.5 Å². The van der Waals surface area contributed by atoms with Crippen molar-refractivity contribution in [3.05, 3.63) is 70.8 Å². The first-order chi connectivity index (χ1) is 15.3. The number of ketones is 3. The van der Waals surface area contributed by atoms with Crippen LogP contribution in [0.5, 0.6) is 0 Å². The highest BCUT2D eigenvalue weighted by Gasteiger charge is 2.35. The summed E-state index contributed by atoms with van der Waals surface area (Å²) in [7, 11) is -3.81. The average Bonchev–Trinajstić information content (AvgIpc) is 2.69. The molecule has 2 aromatic rings. The van der Waals surface area contributed by atoms with E-state index in [0.717, 1.165) is 0 Å². The van der Waals surface area contributed by atoms with E-state index in [4.69, 9.17) is 8.85 Å². The van der Waals surface area contributed by atoms with E-state index in [1.54, 1.807) is 76.2 Å². The quantitative estimate of drug-likeness (QED) is 0.275. The molecule has 0 aliphatic heterocycles. The highest BCUT2D eigenvalue weighted by molar-refractivity contribution is 6.70. The van der Waals surface area contributed by atoms with E-state index < -0.39 is 27.8 Å². The minimum atomic E-state index is -1.90. The molecule has 34 heavy (non-hydrogen) atoms. The number of Topliss-reactive ketones (excluding diaryl/α,β-unsaturated/α-hetero) is 2. The lowest BCUT2D eigenvalue weighted by Gasteiger charge is -2.31. The number of carbonyl (C=O) groups is 3. The van der Waals surface area contributed by atoms with Gasteiger partial charge in [0.05, 0.1) is 0 Å². The fraction of sp³-hybridized carbons (Fsp3) is 0.444. The van der Waals surface area contributed by atoms with Crippen LogP contribution in [0.25, 0.3) is 0 Å². The van der Waals surface area contributed by atoms with Crippen molar-refractivity contribution in [3.63, 3.8) is 0 Å². The van der Waals surface area contributed by atoms with Gasteiger partial charge >= 0.3 is 0 Å². The van der Waals surface area contributed by atoms with E-state index >= 15 is 0 Å². The second kappa shape index (κ2) is 9.81. The molecule has 0 saturated heterocycles. The molecule has 0 atom stereocenters. The van der Waals surface area contributed by atoms with Gasteiger partial charge in [-0.15, -0.1) is 0 Å². The van der Waals surface area contributed by atoms with Gasteiger partial charge in [0.2, 0.25) is 0 Å². The smallest absolute Gasteiger partial charge is 0.193 e. The number of carbonyl (C=O) groups excluding carboxylic acids is 3. The minimum Gasteiger partial charge on any atom is -0.405 e. The first-order valence-corrected chi connectivity index (χ1v) is 18.4. The molecule has 0 saturated carbocycles. The van der Waals surface area contributed by atoms with Crippen molar-refractivity contribution in [3.8, 4) is 0 Å². The molecule has 0 unspecified atom stereocenters. The molecule has 0 radical (unpaired) electrons. The Kier molecular flexibility index (Phi) is 8.09. The topological polar surface area (TPSA) is 69.7 Å². The van der Waals surface area contributed by atoms with Gasteiger partial charge in [-0.05, 0) is 67.0 Å². The molecule has 2 rings (SSSR count). The molecule has 2 aromatic carbocycles. The maximum Gasteiger partial charge on any atom is 0.193 e. The van der Waals surface area contributed by atoms with Crippen LogP contribution >= 0.6 is 0 Å². The Balaban J connectivity index is 2.18. The summed E-state index contributed by atoms with van der Waals surface area (Å²) >= 11 is 0. The summed E-state index contributed by atoms with van der Waals surface area (Å²) in [6.45, 7) is 19.4. The third-order valence-electron chi connectivity index (χ3n) is 5.03. The first kappa shape index (κ1) is 28.0. The third kappa shape index (κ3) is 7.40. The molecule has 5 nitrogen and oxygen atoms in total. The van der Waals surface area contributed by atoms with E-state index in [1.807, 2.05) is 39.3 Å². The summed E-state index contributed by atoms with van der Waals surface area (Å²) < 4.78 is 12.1. The Labute approximate surface area is 206 Å². The standard InChI is InChI=1S/C27H38O5Si2/c1-26(2,31-33(5,6)7)24(29)21-15-11-19(12-16-21)23(28)20-13-17-22(18-14-20)25(30)27(3,4)32-34(8,9)10/h11-18H,1-10H3. The van der Waals surface area contributed by atoms with Crippen LogP contribution < -0.4 is 0 Å². The zero-order valence-electron chi connectivity index (χ0n) is 22.2. The van der Waals surface area contributed by atoms with Crippen LogP contribution in [0.2, 0.25) is 39.3 Å². The van der Waals surface area contributed by atoms with Gasteiger partial charge in [0.15, 0.2) is 34.0 Å². The minimum absolute atomic E-state index is 0.111. The predicted molar refractivity (Wildman–Crippen MR) is 142 cm³/mol. The van der Waals surface area contributed by atoms with Crippen molar-refractivity contribution in [2.75, 3.05) is 0 Å². The average molecular weight is 499 g/mol. The molecule has 184 valence electrons. The molecule has 0 fully saturated rings. The van der Waals surface area contributed by atoms with E-state index in [-0.39, 0.29) is 17.3 Å².